The molecule has 5 heteroatoms. The Morgan fingerprint density at radius 3 is 2.65 bits per heavy atom. The van der Waals surface area contributed by atoms with Crippen molar-refractivity contribution in [2.24, 2.45) is 11.8 Å². The summed E-state index contributed by atoms with van der Waals surface area (Å²) in [6, 6.07) is 7.76. The largest absolute Gasteiger partial charge is 0.470 e. The van der Waals surface area contributed by atoms with E-state index in [0.29, 0.717) is 12.5 Å². The second-order valence-electron chi connectivity index (χ2n) is 7.42. The van der Waals surface area contributed by atoms with E-state index < -0.39 is 0 Å². The molecule has 0 spiro atoms. The van der Waals surface area contributed by atoms with Gasteiger partial charge in [-0.2, -0.15) is 5.10 Å². The molecule has 0 unspecified atom stereocenters. The molecule has 1 aromatic carbocycles. The minimum atomic E-state index is 0.00355. The Morgan fingerprint density at radius 1 is 1.23 bits per heavy atom. The van der Waals surface area contributed by atoms with Gasteiger partial charge in [-0.1, -0.05) is 31.2 Å². The van der Waals surface area contributed by atoms with Gasteiger partial charge in [-0.25, -0.2) is 0 Å². The molecular weight excluding hydrogens is 326 g/mol. The van der Waals surface area contributed by atoms with Crippen LogP contribution in [0.3, 0.4) is 0 Å². The summed E-state index contributed by atoms with van der Waals surface area (Å²) in [7, 11) is 0. The van der Waals surface area contributed by atoms with E-state index in [1.54, 1.807) is 0 Å². The highest BCUT2D eigenvalue weighted by Gasteiger charge is 2.34. The zero-order chi connectivity index (χ0) is 18.3. The second-order valence-corrected chi connectivity index (χ2v) is 7.42. The van der Waals surface area contributed by atoms with Crippen LogP contribution in [0.15, 0.2) is 30.5 Å². The highest BCUT2D eigenvalue weighted by Crippen LogP contribution is 2.41. The van der Waals surface area contributed by atoms with Crippen molar-refractivity contribution in [3.63, 3.8) is 0 Å². The Balaban J connectivity index is 1.69. The van der Waals surface area contributed by atoms with Crippen LogP contribution in [0.25, 0.3) is 10.9 Å². The maximum absolute atomic E-state index is 9.51. The SMILES string of the molecule is Cc1c(C)n(C[C@H]2C[C@@H]2C)c2c(OCc3ccccc3CO)nncc12. The first-order valence-electron chi connectivity index (χ1n) is 9.21. The first kappa shape index (κ1) is 17.0. The van der Waals surface area contributed by atoms with Gasteiger partial charge in [0.25, 0.3) is 5.88 Å². The zero-order valence-corrected chi connectivity index (χ0v) is 15.6. The topological polar surface area (TPSA) is 60.2 Å². The monoisotopic (exact) mass is 351 g/mol. The summed E-state index contributed by atoms with van der Waals surface area (Å²) in [5, 5.41) is 19.1. The number of hydrogen-bond donors (Lipinski definition) is 1. The van der Waals surface area contributed by atoms with Crippen molar-refractivity contribution < 1.29 is 9.84 Å². The van der Waals surface area contributed by atoms with Gasteiger partial charge in [0.15, 0.2) is 0 Å². The molecule has 1 aliphatic rings. The third-order valence-corrected chi connectivity index (χ3v) is 5.76. The number of aromatic nitrogens is 3. The van der Waals surface area contributed by atoms with E-state index in [-0.39, 0.29) is 6.61 Å². The van der Waals surface area contributed by atoms with Crippen LogP contribution < -0.4 is 4.74 Å². The number of nitrogens with zero attached hydrogens (tertiary/aromatic N) is 3. The molecule has 0 saturated heterocycles. The molecule has 2 heterocycles. The number of aliphatic hydroxyl groups excluding tert-OH is 1. The van der Waals surface area contributed by atoms with Crippen LogP contribution in [-0.4, -0.2) is 19.9 Å². The number of ether oxygens (including phenoxy) is 1. The van der Waals surface area contributed by atoms with Gasteiger partial charge in [0.05, 0.1) is 12.8 Å². The molecular formula is C21H25N3O2. The molecule has 1 aliphatic carbocycles. The minimum Gasteiger partial charge on any atom is -0.470 e. The summed E-state index contributed by atoms with van der Waals surface area (Å²) in [6.07, 6.45) is 3.12. The van der Waals surface area contributed by atoms with Crippen LogP contribution >= 0.6 is 0 Å². The van der Waals surface area contributed by atoms with E-state index in [1.807, 2.05) is 30.5 Å². The molecule has 4 rings (SSSR count). The maximum Gasteiger partial charge on any atom is 0.258 e. The second kappa shape index (κ2) is 6.72. The van der Waals surface area contributed by atoms with Crippen molar-refractivity contribution >= 4 is 10.9 Å². The molecule has 2 aromatic heterocycles. The Kier molecular flexibility index (Phi) is 4.41. The normalized spacial score (nSPS) is 19.1. The van der Waals surface area contributed by atoms with E-state index in [9.17, 15) is 5.11 Å². The lowest BCUT2D eigenvalue weighted by atomic mass is 10.1. The van der Waals surface area contributed by atoms with Crippen molar-refractivity contribution in [2.75, 3.05) is 0 Å². The van der Waals surface area contributed by atoms with Crippen molar-refractivity contribution in [3.05, 3.63) is 52.8 Å². The van der Waals surface area contributed by atoms with E-state index in [1.165, 1.54) is 17.7 Å². The first-order chi connectivity index (χ1) is 12.6. The molecule has 5 nitrogen and oxygen atoms in total. The molecule has 136 valence electrons. The van der Waals surface area contributed by atoms with Gasteiger partial charge < -0.3 is 14.4 Å². The van der Waals surface area contributed by atoms with Gasteiger partial charge in [-0.05, 0) is 48.8 Å². The van der Waals surface area contributed by atoms with Gasteiger partial charge in [0.1, 0.15) is 12.1 Å². The van der Waals surface area contributed by atoms with Crippen LogP contribution in [-0.2, 0) is 19.8 Å². The van der Waals surface area contributed by atoms with Gasteiger partial charge in [-0.3, -0.25) is 0 Å². The van der Waals surface area contributed by atoms with E-state index in [2.05, 4.69) is 35.5 Å². The summed E-state index contributed by atoms with van der Waals surface area (Å²) in [5.74, 6) is 2.10. The van der Waals surface area contributed by atoms with Crippen molar-refractivity contribution in [1.29, 1.82) is 0 Å². The zero-order valence-electron chi connectivity index (χ0n) is 15.6. The van der Waals surface area contributed by atoms with Crippen LogP contribution in [0.2, 0.25) is 0 Å². The number of hydrogen-bond acceptors (Lipinski definition) is 4. The highest BCUT2D eigenvalue weighted by molar-refractivity contribution is 5.88. The standard InChI is InChI=1S/C21H25N3O2/c1-13-8-18(13)10-24-15(3)14(2)19-9-22-23-21(20(19)24)26-12-17-7-5-4-6-16(17)11-25/h4-7,9,13,18,25H,8,10-12H2,1-3H3/t13-,18+/m0/s1. The fraction of sp³-hybridized carbons (Fsp3) is 0.429. The fourth-order valence-electron chi connectivity index (χ4n) is 3.68. The maximum atomic E-state index is 9.51. The Labute approximate surface area is 153 Å². The Morgan fingerprint density at radius 2 is 1.96 bits per heavy atom. The predicted octanol–water partition coefficient (Wildman–Crippen LogP) is 3.78. The molecule has 26 heavy (non-hydrogen) atoms. The molecule has 0 radical (unpaired) electrons. The van der Waals surface area contributed by atoms with Gasteiger partial charge >= 0.3 is 0 Å². The van der Waals surface area contributed by atoms with Crippen LogP contribution in [0.4, 0.5) is 0 Å². The highest BCUT2D eigenvalue weighted by atomic mass is 16.5. The number of aryl methyl sites for hydroxylation is 1. The predicted molar refractivity (Wildman–Crippen MR) is 101 cm³/mol. The lowest BCUT2D eigenvalue weighted by molar-refractivity contribution is 0.266. The average molecular weight is 351 g/mol. The van der Waals surface area contributed by atoms with E-state index in [4.69, 9.17) is 4.74 Å². The first-order valence-corrected chi connectivity index (χ1v) is 9.21. The smallest absolute Gasteiger partial charge is 0.258 e. The number of rotatable bonds is 6. The summed E-state index contributed by atoms with van der Waals surface area (Å²) in [4.78, 5) is 0. The molecule has 1 saturated carbocycles. The third kappa shape index (κ3) is 2.97. The minimum absolute atomic E-state index is 0.00355. The molecule has 0 aliphatic heterocycles. The average Bonchev–Trinajstić information content (AvgIpc) is 3.31. The van der Waals surface area contributed by atoms with Gasteiger partial charge in [-0.15, -0.1) is 5.10 Å². The van der Waals surface area contributed by atoms with Crippen molar-refractivity contribution in [2.45, 2.75) is 47.0 Å². The Hall–Kier alpha value is -2.40. The van der Waals surface area contributed by atoms with Crippen molar-refractivity contribution in [3.8, 4) is 5.88 Å². The molecule has 0 amide bonds. The molecule has 2 atom stereocenters. The van der Waals surface area contributed by atoms with Crippen LogP contribution in [0, 0.1) is 25.7 Å². The van der Waals surface area contributed by atoms with E-state index in [0.717, 1.165) is 40.4 Å². The summed E-state index contributed by atoms with van der Waals surface area (Å²) in [5.41, 5.74) is 5.38. The van der Waals surface area contributed by atoms with Crippen molar-refractivity contribution in [1.82, 2.24) is 14.8 Å². The summed E-state index contributed by atoms with van der Waals surface area (Å²) in [6.45, 7) is 7.98. The lowest BCUT2D eigenvalue weighted by Crippen LogP contribution is -2.07. The van der Waals surface area contributed by atoms with Gasteiger partial charge in [0.2, 0.25) is 0 Å². The molecule has 3 aromatic rings. The number of fused-ring (bicyclic) bond motifs is 1. The third-order valence-electron chi connectivity index (χ3n) is 5.76. The Bertz CT molecular complexity index is 948. The molecule has 1 N–H and O–H groups in total. The summed E-state index contributed by atoms with van der Waals surface area (Å²) < 4.78 is 8.43. The number of benzene rings is 1. The van der Waals surface area contributed by atoms with E-state index >= 15 is 0 Å². The molecule has 0 bridgehead atoms. The van der Waals surface area contributed by atoms with Gasteiger partial charge in [0, 0.05) is 17.6 Å². The summed E-state index contributed by atoms with van der Waals surface area (Å²) >= 11 is 0. The van der Waals surface area contributed by atoms with Crippen LogP contribution in [0.1, 0.15) is 35.7 Å². The quantitative estimate of drug-likeness (QED) is 0.734. The van der Waals surface area contributed by atoms with Crippen LogP contribution in [0.5, 0.6) is 5.88 Å². The molecule has 1 fully saturated rings. The number of aliphatic hydroxyl groups is 1. The lowest BCUT2D eigenvalue weighted by Gasteiger charge is -2.12. The fourth-order valence-corrected chi connectivity index (χ4v) is 3.68.